The zero-order chi connectivity index (χ0) is 14.8. The molecule has 0 spiro atoms. The first-order valence-electron chi connectivity index (χ1n) is 7.58. The Hall–Kier alpha value is -0.233. The summed E-state index contributed by atoms with van der Waals surface area (Å²) in [5, 5.41) is 2.50. The number of hydrogen-bond donors (Lipinski definition) is 2. The normalized spacial score (nSPS) is 26.4. The molecule has 2 unspecified atom stereocenters. The molecule has 1 N–H and O–H groups in total. The molecule has 0 aromatic rings. The second kappa shape index (κ2) is 6.69. The first-order valence-corrected chi connectivity index (χ1v) is 11.8. The van der Waals surface area contributed by atoms with E-state index in [0.717, 1.165) is 13.0 Å². The van der Waals surface area contributed by atoms with Crippen molar-refractivity contribution in [3.8, 4) is 0 Å². The summed E-state index contributed by atoms with van der Waals surface area (Å²) in [5.74, 6) is 0. The average molecular weight is 313 g/mol. The van der Waals surface area contributed by atoms with Crippen LogP contribution in [0, 0.1) is 0 Å². The Morgan fingerprint density at radius 1 is 1.45 bits per heavy atom. The predicted octanol–water partition coefficient (Wildman–Crippen LogP) is 3.41. The molecule has 1 aliphatic heterocycles. The minimum Gasteiger partial charge on any atom is -0.360 e. The summed E-state index contributed by atoms with van der Waals surface area (Å²) in [7, 11) is -0.924. The Morgan fingerprint density at radius 2 is 2.20 bits per heavy atom. The molecule has 1 aliphatic carbocycles. The van der Waals surface area contributed by atoms with Gasteiger partial charge in [0.05, 0.1) is 11.7 Å². The number of hydrogen-bond acceptors (Lipinski definition) is 4. The fourth-order valence-corrected chi connectivity index (χ4v) is 4.15. The summed E-state index contributed by atoms with van der Waals surface area (Å²) in [6.07, 6.45) is 6.72. The first kappa shape index (κ1) is 16.1. The molecule has 2 rings (SSSR count). The second-order valence-corrected chi connectivity index (χ2v) is 13.3. The van der Waals surface area contributed by atoms with Gasteiger partial charge in [0.15, 0.2) is 0 Å². The van der Waals surface area contributed by atoms with Crippen LogP contribution in [0.2, 0.25) is 25.7 Å². The molecule has 0 aromatic carbocycles. The molecule has 2 aliphatic rings. The number of thiol groups is 1. The molecule has 1 saturated heterocycles. The van der Waals surface area contributed by atoms with Crippen LogP contribution < -0.4 is 5.43 Å². The molecule has 0 bridgehead atoms. The number of ether oxygens (including phenoxy) is 1. The Morgan fingerprint density at radius 3 is 2.90 bits per heavy atom. The van der Waals surface area contributed by atoms with Crippen LogP contribution in [0.5, 0.6) is 0 Å². The third kappa shape index (κ3) is 4.38. The quantitative estimate of drug-likeness (QED) is 0.446. The van der Waals surface area contributed by atoms with E-state index >= 15 is 0 Å². The van der Waals surface area contributed by atoms with Crippen LogP contribution in [-0.2, 0) is 4.74 Å². The molecule has 5 heteroatoms. The fourth-order valence-electron chi connectivity index (χ4n) is 2.68. The molecule has 3 nitrogen and oxygen atoms in total. The van der Waals surface area contributed by atoms with E-state index in [1.54, 1.807) is 0 Å². The van der Waals surface area contributed by atoms with Crippen LogP contribution >= 0.6 is 12.6 Å². The molecule has 1 heterocycles. The van der Waals surface area contributed by atoms with E-state index in [-0.39, 0.29) is 0 Å². The van der Waals surface area contributed by atoms with E-state index in [1.807, 2.05) is 0 Å². The molecule has 114 valence electrons. The van der Waals surface area contributed by atoms with Crippen molar-refractivity contribution in [1.29, 1.82) is 0 Å². The summed E-state index contributed by atoms with van der Waals surface area (Å²) in [4.78, 5) is 0. The van der Waals surface area contributed by atoms with Crippen LogP contribution in [0.15, 0.2) is 23.4 Å². The molecule has 2 atom stereocenters. The topological polar surface area (TPSA) is 24.5 Å². The molecule has 20 heavy (non-hydrogen) atoms. The van der Waals surface area contributed by atoms with E-state index in [1.165, 1.54) is 23.7 Å². The van der Waals surface area contributed by atoms with Crippen molar-refractivity contribution in [2.45, 2.75) is 56.7 Å². The Balaban J connectivity index is 1.76. The number of hydrazine groups is 1. The molecule has 0 amide bonds. The smallest absolute Gasteiger partial charge is 0.133 e. The molecular formula is C15H28N2OSSi. The number of allylic oxidation sites excluding steroid dienone is 1. The van der Waals surface area contributed by atoms with Gasteiger partial charge in [0.25, 0.3) is 0 Å². The predicted molar refractivity (Wildman–Crippen MR) is 91.6 cm³/mol. The summed E-state index contributed by atoms with van der Waals surface area (Å²) in [6.45, 7) is 10.9. The highest BCUT2D eigenvalue weighted by atomic mass is 32.1. The van der Waals surface area contributed by atoms with Gasteiger partial charge in [0, 0.05) is 19.9 Å². The number of nitrogens with zero attached hydrogens (tertiary/aromatic N) is 1. The zero-order valence-corrected chi connectivity index (χ0v) is 15.0. The van der Waals surface area contributed by atoms with E-state index in [2.05, 4.69) is 61.8 Å². The second-order valence-electron chi connectivity index (χ2n) is 6.99. The van der Waals surface area contributed by atoms with Gasteiger partial charge in [-0.3, -0.25) is 5.01 Å². The molecule has 1 fully saturated rings. The lowest BCUT2D eigenvalue weighted by molar-refractivity contribution is 0.0297. The van der Waals surface area contributed by atoms with E-state index in [4.69, 9.17) is 4.74 Å². The molecular weight excluding hydrogens is 284 g/mol. The van der Waals surface area contributed by atoms with Gasteiger partial charge in [-0.05, 0) is 25.3 Å². The lowest BCUT2D eigenvalue weighted by Gasteiger charge is -2.22. The Bertz CT molecular complexity index is 403. The lowest BCUT2D eigenvalue weighted by Crippen LogP contribution is -2.35. The van der Waals surface area contributed by atoms with Gasteiger partial charge >= 0.3 is 0 Å². The van der Waals surface area contributed by atoms with Crippen molar-refractivity contribution in [2.24, 2.45) is 0 Å². The molecule has 0 saturated carbocycles. The van der Waals surface area contributed by atoms with Crippen LogP contribution in [0.4, 0.5) is 0 Å². The Labute approximate surface area is 129 Å². The van der Waals surface area contributed by atoms with E-state index in [9.17, 15) is 0 Å². The SMILES string of the molecule is CC1NN(COCCC[Si](C)(C)C)C2=CCC(S)C=C21. The maximum atomic E-state index is 5.84. The molecule has 0 aromatic heterocycles. The first-order chi connectivity index (χ1) is 9.37. The van der Waals surface area contributed by atoms with Gasteiger partial charge in [-0.1, -0.05) is 37.8 Å². The van der Waals surface area contributed by atoms with Crippen molar-refractivity contribution in [1.82, 2.24) is 10.4 Å². The summed E-state index contributed by atoms with van der Waals surface area (Å²) in [6, 6.07) is 1.70. The highest BCUT2D eigenvalue weighted by molar-refractivity contribution is 7.81. The fraction of sp³-hybridized carbons (Fsp3) is 0.733. The number of rotatable bonds is 6. The highest BCUT2D eigenvalue weighted by Crippen LogP contribution is 2.31. The van der Waals surface area contributed by atoms with Gasteiger partial charge in [-0.15, -0.1) is 0 Å². The minimum absolute atomic E-state index is 0.357. The van der Waals surface area contributed by atoms with Gasteiger partial charge in [-0.25, -0.2) is 5.43 Å². The largest absolute Gasteiger partial charge is 0.360 e. The number of nitrogens with one attached hydrogen (secondary N) is 1. The van der Waals surface area contributed by atoms with Crippen LogP contribution in [0.3, 0.4) is 0 Å². The van der Waals surface area contributed by atoms with Crippen LogP contribution in [-0.4, -0.2) is 37.7 Å². The molecule has 0 radical (unpaired) electrons. The van der Waals surface area contributed by atoms with Gasteiger partial charge in [0.2, 0.25) is 0 Å². The third-order valence-corrected chi connectivity index (χ3v) is 5.98. The Kier molecular flexibility index (Phi) is 5.40. The van der Waals surface area contributed by atoms with E-state index < -0.39 is 8.07 Å². The lowest BCUT2D eigenvalue weighted by atomic mass is 9.99. The summed E-state index contributed by atoms with van der Waals surface area (Å²) < 4.78 is 5.84. The van der Waals surface area contributed by atoms with Crippen molar-refractivity contribution in [3.63, 3.8) is 0 Å². The van der Waals surface area contributed by atoms with Crippen LogP contribution in [0.1, 0.15) is 19.8 Å². The summed E-state index contributed by atoms with van der Waals surface area (Å²) >= 11 is 4.54. The standard InChI is InChI=1S/C15H28N2OSSi/c1-12-14-10-13(19)6-7-15(14)17(16-12)11-18-8-5-9-20(2,3)4/h7,10,12-13,16,19H,5-6,8-9,11H2,1-4H3. The maximum absolute atomic E-state index is 5.84. The van der Waals surface area contributed by atoms with Gasteiger partial charge in [-0.2, -0.15) is 12.6 Å². The van der Waals surface area contributed by atoms with Gasteiger partial charge < -0.3 is 4.74 Å². The van der Waals surface area contributed by atoms with Crippen molar-refractivity contribution in [3.05, 3.63) is 23.4 Å². The average Bonchev–Trinajstić information content (AvgIpc) is 2.64. The van der Waals surface area contributed by atoms with Crippen molar-refractivity contribution < 1.29 is 4.74 Å². The van der Waals surface area contributed by atoms with E-state index in [0.29, 0.717) is 18.0 Å². The maximum Gasteiger partial charge on any atom is 0.133 e. The highest BCUT2D eigenvalue weighted by Gasteiger charge is 2.30. The third-order valence-electron chi connectivity index (χ3n) is 3.76. The minimum atomic E-state index is -0.924. The van der Waals surface area contributed by atoms with Gasteiger partial charge in [0.1, 0.15) is 6.73 Å². The zero-order valence-electron chi connectivity index (χ0n) is 13.1. The summed E-state index contributed by atoms with van der Waals surface area (Å²) in [5.41, 5.74) is 6.12. The van der Waals surface area contributed by atoms with Crippen LogP contribution in [0.25, 0.3) is 0 Å². The number of fused-ring (bicyclic) bond motifs is 1. The van der Waals surface area contributed by atoms with Crippen molar-refractivity contribution >= 4 is 20.7 Å². The van der Waals surface area contributed by atoms with Crippen molar-refractivity contribution in [2.75, 3.05) is 13.3 Å². The monoisotopic (exact) mass is 312 g/mol.